The third kappa shape index (κ3) is 3.96. The summed E-state index contributed by atoms with van der Waals surface area (Å²) in [5, 5.41) is 0. The van der Waals surface area contributed by atoms with Crippen molar-refractivity contribution < 1.29 is 40.1 Å². The van der Waals surface area contributed by atoms with Crippen LogP contribution < -0.4 is 4.74 Å². The first-order valence-electron chi connectivity index (χ1n) is 5.95. The molecular formula is C13H4BrF4IO5S. The quantitative estimate of drug-likeness (QED) is 0.154. The van der Waals surface area contributed by atoms with E-state index in [0.717, 1.165) is 0 Å². The Morgan fingerprint density at radius 1 is 1.08 bits per heavy atom. The number of halogens is 6. The summed E-state index contributed by atoms with van der Waals surface area (Å²) in [4.78, 5) is 9.77. The molecule has 12 heteroatoms. The molecule has 0 saturated carbocycles. The van der Waals surface area contributed by atoms with Crippen LogP contribution in [0.15, 0.2) is 27.6 Å². The molecule has 0 aliphatic rings. The van der Waals surface area contributed by atoms with Gasteiger partial charge in [0.05, 0.1) is 5.56 Å². The van der Waals surface area contributed by atoms with Gasteiger partial charge in [-0.2, -0.15) is 17.2 Å². The van der Waals surface area contributed by atoms with Crippen LogP contribution in [0.4, 0.5) is 17.6 Å². The zero-order valence-electron chi connectivity index (χ0n) is 11.5. The molecule has 0 bridgehead atoms. The van der Waals surface area contributed by atoms with Crippen LogP contribution in [0.25, 0.3) is 0 Å². The molecule has 1 N–H and O–H groups in total. The van der Waals surface area contributed by atoms with E-state index in [1.54, 1.807) is 6.07 Å². The molecule has 0 aromatic heterocycles. The van der Waals surface area contributed by atoms with Crippen LogP contribution in [0.5, 0.6) is 5.75 Å². The van der Waals surface area contributed by atoms with Crippen LogP contribution >= 0.6 is 38.5 Å². The highest BCUT2D eigenvalue weighted by Crippen LogP contribution is 2.33. The Hall–Kier alpha value is -1.25. The number of benzene rings is 2. The highest BCUT2D eigenvalue weighted by Gasteiger charge is 2.34. The lowest BCUT2D eigenvalue weighted by Gasteiger charge is -2.11. The SMILES string of the molecule is O=C(Oc1c(F)c(F)c(S(=O)(=O)O)c(F)c1F)c1cc(I)ccc1Br. The van der Waals surface area contributed by atoms with Crippen molar-refractivity contribution in [3.8, 4) is 5.75 Å². The van der Waals surface area contributed by atoms with Crippen LogP contribution in [0.2, 0.25) is 0 Å². The smallest absolute Gasteiger partial charge is 0.344 e. The van der Waals surface area contributed by atoms with Crippen LogP contribution in [-0.4, -0.2) is 18.9 Å². The molecule has 2 aromatic carbocycles. The van der Waals surface area contributed by atoms with Gasteiger partial charge in [0.25, 0.3) is 0 Å². The van der Waals surface area contributed by atoms with Crippen LogP contribution in [0, 0.1) is 26.8 Å². The fourth-order valence-electron chi connectivity index (χ4n) is 1.71. The molecule has 0 amide bonds. The molecule has 0 spiro atoms. The van der Waals surface area contributed by atoms with E-state index in [9.17, 15) is 30.8 Å². The lowest BCUT2D eigenvalue weighted by Crippen LogP contribution is -2.16. The molecule has 25 heavy (non-hydrogen) atoms. The summed E-state index contributed by atoms with van der Waals surface area (Å²) in [5.74, 6) is -12.6. The summed E-state index contributed by atoms with van der Waals surface area (Å²) in [6.45, 7) is 0. The minimum absolute atomic E-state index is 0.175. The lowest BCUT2D eigenvalue weighted by molar-refractivity contribution is 0.0715. The Labute approximate surface area is 160 Å². The molecule has 0 atom stereocenters. The summed E-state index contributed by atoms with van der Waals surface area (Å²) < 4.78 is 90.4. The number of carbonyl (C=O) groups is 1. The number of ether oxygens (including phenoxy) is 1. The summed E-state index contributed by atoms with van der Waals surface area (Å²) in [5.41, 5.74) is -0.203. The minimum atomic E-state index is -5.60. The van der Waals surface area contributed by atoms with Gasteiger partial charge in [0.15, 0.2) is 16.5 Å². The molecule has 2 aromatic rings. The van der Waals surface area contributed by atoms with Crippen LogP contribution in [-0.2, 0) is 10.1 Å². The molecule has 0 saturated heterocycles. The fourth-order valence-corrected chi connectivity index (χ4v) is 3.24. The first kappa shape index (κ1) is 20.1. The van der Waals surface area contributed by atoms with Gasteiger partial charge in [0, 0.05) is 8.04 Å². The third-order valence-corrected chi connectivity index (χ3v) is 5.02. The Kier molecular flexibility index (Phi) is 5.75. The minimum Gasteiger partial charge on any atom is -0.416 e. The number of rotatable bonds is 3. The molecule has 0 unspecified atom stereocenters. The van der Waals surface area contributed by atoms with E-state index in [4.69, 9.17) is 4.55 Å². The van der Waals surface area contributed by atoms with Gasteiger partial charge in [-0.3, -0.25) is 4.55 Å². The van der Waals surface area contributed by atoms with Gasteiger partial charge in [-0.05, 0) is 56.7 Å². The van der Waals surface area contributed by atoms with Gasteiger partial charge in [0.2, 0.25) is 17.4 Å². The Morgan fingerprint density at radius 2 is 1.60 bits per heavy atom. The predicted octanol–water partition coefficient (Wildman–Crippen LogP) is 4.08. The van der Waals surface area contributed by atoms with E-state index in [1.165, 1.54) is 12.1 Å². The van der Waals surface area contributed by atoms with E-state index in [1.807, 2.05) is 22.6 Å². The molecule has 0 aliphatic carbocycles. The normalized spacial score (nSPS) is 11.5. The maximum atomic E-state index is 13.8. The molecular weight excluding hydrogens is 551 g/mol. The zero-order valence-corrected chi connectivity index (χ0v) is 16.0. The van der Waals surface area contributed by atoms with Gasteiger partial charge in [-0.25, -0.2) is 13.6 Å². The van der Waals surface area contributed by atoms with Gasteiger partial charge in [-0.1, -0.05) is 0 Å². The Balaban J connectivity index is 2.58. The molecule has 0 radical (unpaired) electrons. The second kappa shape index (κ2) is 7.17. The second-order valence-corrected chi connectivity index (χ2v) is 7.86. The van der Waals surface area contributed by atoms with Crippen LogP contribution in [0.1, 0.15) is 10.4 Å². The van der Waals surface area contributed by atoms with Crippen molar-refractivity contribution >= 4 is 54.6 Å². The van der Waals surface area contributed by atoms with Crippen molar-refractivity contribution in [1.29, 1.82) is 0 Å². The van der Waals surface area contributed by atoms with Crippen molar-refractivity contribution in [3.05, 3.63) is 55.1 Å². The number of esters is 1. The second-order valence-electron chi connectivity index (χ2n) is 4.40. The number of hydrogen-bond acceptors (Lipinski definition) is 4. The molecule has 0 heterocycles. The van der Waals surface area contributed by atoms with Gasteiger partial charge in [-0.15, -0.1) is 0 Å². The van der Waals surface area contributed by atoms with Gasteiger partial charge in [0.1, 0.15) is 0 Å². The average molecular weight is 555 g/mol. The van der Waals surface area contributed by atoms with Crippen molar-refractivity contribution in [1.82, 2.24) is 0 Å². The number of carbonyl (C=O) groups excluding carboxylic acids is 1. The zero-order chi connectivity index (χ0) is 19.1. The predicted molar refractivity (Wildman–Crippen MR) is 87.9 cm³/mol. The van der Waals surface area contributed by atoms with E-state index in [-0.39, 0.29) is 10.0 Å². The largest absolute Gasteiger partial charge is 0.416 e. The molecule has 0 fully saturated rings. The van der Waals surface area contributed by atoms with E-state index < -0.39 is 50.0 Å². The average Bonchev–Trinajstić information content (AvgIpc) is 2.50. The maximum Gasteiger partial charge on any atom is 0.344 e. The van der Waals surface area contributed by atoms with Crippen molar-refractivity contribution in [3.63, 3.8) is 0 Å². The monoisotopic (exact) mass is 554 g/mol. The summed E-state index contributed by atoms with van der Waals surface area (Å²) in [7, 11) is -5.60. The first-order chi connectivity index (χ1) is 11.4. The topological polar surface area (TPSA) is 80.7 Å². The van der Waals surface area contributed by atoms with E-state index in [0.29, 0.717) is 3.57 Å². The van der Waals surface area contributed by atoms with Gasteiger partial charge >= 0.3 is 16.1 Å². The fraction of sp³-hybridized carbons (Fsp3) is 0. The molecule has 5 nitrogen and oxygen atoms in total. The molecule has 0 aliphatic heterocycles. The summed E-state index contributed by atoms with van der Waals surface area (Å²) in [6.07, 6.45) is 0. The third-order valence-electron chi connectivity index (χ3n) is 2.78. The molecule has 134 valence electrons. The maximum absolute atomic E-state index is 13.8. The number of hydrogen-bond donors (Lipinski definition) is 1. The summed E-state index contributed by atoms with van der Waals surface area (Å²) in [6, 6.07) is 4.28. The first-order valence-corrected chi connectivity index (χ1v) is 9.27. The van der Waals surface area contributed by atoms with Crippen molar-refractivity contribution in [2.75, 3.05) is 0 Å². The lowest BCUT2D eigenvalue weighted by atomic mass is 10.2. The van der Waals surface area contributed by atoms with Crippen LogP contribution in [0.3, 0.4) is 0 Å². The van der Waals surface area contributed by atoms with Gasteiger partial charge < -0.3 is 4.74 Å². The van der Waals surface area contributed by atoms with Crippen molar-refractivity contribution in [2.24, 2.45) is 0 Å². The Morgan fingerprint density at radius 3 is 2.08 bits per heavy atom. The molecule has 2 rings (SSSR count). The van der Waals surface area contributed by atoms with Crippen molar-refractivity contribution in [2.45, 2.75) is 4.90 Å². The highest BCUT2D eigenvalue weighted by molar-refractivity contribution is 14.1. The highest BCUT2D eigenvalue weighted by atomic mass is 127. The summed E-state index contributed by atoms with van der Waals surface area (Å²) >= 11 is 4.83. The van der Waals surface area contributed by atoms with E-state index in [2.05, 4.69) is 20.7 Å². The Bertz CT molecular complexity index is 967. The van der Waals surface area contributed by atoms with E-state index >= 15 is 0 Å². The standard InChI is InChI=1S/C13H4BrF4IO5S/c14-6-2-1-4(19)3-5(6)13(20)24-11-7(15)9(17)12(25(21,22)23)10(18)8(11)16/h1-3H,(H,21,22,23).